The fourth-order valence-corrected chi connectivity index (χ4v) is 3.39. The highest BCUT2D eigenvalue weighted by molar-refractivity contribution is 5.93. The second kappa shape index (κ2) is 8.88. The van der Waals surface area contributed by atoms with Crippen LogP contribution < -0.4 is 5.69 Å². The molecule has 0 aliphatic rings. The molecule has 10 heteroatoms. The number of carbonyl (C=O) groups is 2. The molecule has 4 rings (SSSR count). The first kappa shape index (κ1) is 21.0. The van der Waals surface area contributed by atoms with E-state index in [1.54, 1.807) is 13.8 Å². The molecule has 0 saturated heterocycles. The second-order valence-electron chi connectivity index (χ2n) is 7.11. The molecule has 10 nitrogen and oxygen atoms in total. The van der Waals surface area contributed by atoms with Crippen LogP contribution in [0, 0.1) is 0 Å². The summed E-state index contributed by atoms with van der Waals surface area (Å²) in [6, 6.07) is 15.3. The van der Waals surface area contributed by atoms with Gasteiger partial charge in [0.2, 0.25) is 11.6 Å². The van der Waals surface area contributed by atoms with Crippen molar-refractivity contribution in [3.8, 4) is 22.5 Å². The Labute approximate surface area is 182 Å². The molecule has 0 aliphatic carbocycles. The summed E-state index contributed by atoms with van der Waals surface area (Å²) in [4.78, 5) is 37.1. The van der Waals surface area contributed by atoms with E-state index in [0.29, 0.717) is 5.82 Å². The van der Waals surface area contributed by atoms with Crippen LogP contribution in [0.25, 0.3) is 22.5 Å². The molecule has 0 bridgehead atoms. The molecule has 0 spiro atoms. The summed E-state index contributed by atoms with van der Waals surface area (Å²) in [5, 5.41) is 18.2. The van der Waals surface area contributed by atoms with E-state index in [1.807, 2.05) is 48.5 Å². The van der Waals surface area contributed by atoms with E-state index in [9.17, 15) is 14.4 Å². The monoisotopic (exact) mass is 431 g/mol. The molecule has 0 unspecified atom stereocenters. The van der Waals surface area contributed by atoms with Crippen molar-refractivity contribution >= 4 is 11.7 Å². The van der Waals surface area contributed by atoms with Gasteiger partial charge in [0.15, 0.2) is 5.78 Å². The third-order valence-corrected chi connectivity index (χ3v) is 5.09. The zero-order valence-electron chi connectivity index (χ0n) is 17.6. The van der Waals surface area contributed by atoms with Crippen molar-refractivity contribution < 1.29 is 9.59 Å². The van der Waals surface area contributed by atoms with Gasteiger partial charge < -0.3 is 0 Å². The van der Waals surface area contributed by atoms with Crippen LogP contribution in [0.1, 0.15) is 47.7 Å². The van der Waals surface area contributed by atoms with E-state index in [-0.39, 0.29) is 31.0 Å². The first-order valence-electron chi connectivity index (χ1n) is 10.2. The molecule has 4 aromatic rings. The summed E-state index contributed by atoms with van der Waals surface area (Å²) >= 11 is 0. The Morgan fingerprint density at radius 3 is 2.31 bits per heavy atom. The van der Waals surface area contributed by atoms with Gasteiger partial charge in [0, 0.05) is 18.4 Å². The molecule has 0 fully saturated rings. The number of hydrogen-bond donors (Lipinski definition) is 1. The van der Waals surface area contributed by atoms with Crippen LogP contribution >= 0.6 is 0 Å². The van der Waals surface area contributed by atoms with Gasteiger partial charge >= 0.3 is 5.69 Å². The van der Waals surface area contributed by atoms with Gasteiger partial charge in [-0.25, -0.2) is 4.79 Å². The summed E-state index contributed by atoms with van der Waals surface area (Å²) in [5.74, 6) is -0.263. The molecule has 0 amide bonds. The number of aromatic amines is 1. The van der Waals surface area contributed by atoms with E-state index in [4.69, 9.17) is 0 Å². The standard InChI is InChI=1S/C22H21N7O3/c1-3-18(30)21-25-29(19(31)4-2)22(32)28(21)13-14-9-11-15(12-10-14)16-7-5-6-8-17(16)20-23-26-27-24-20/h5-12H,3-4,13H2,1-2H3,(H,23,24,26,27). The second-order valence-corrected chi connectivity index (χ2v) is 7.11. The van der Waals surface area contributed by atoms with E-state index < -0.39 is 11.6 Å². The summed E-state index contributed by atoms with van der Waals surface area (Å²) in [6.45, 7) is 3.46. The summed E-state index contributed by atoms with van der Waals surface area (Å²) in [6.07, 6.45) is 0.299. The fraction of sp³-hybridized carbons (Fsp3) is 0.227. The number of tetrazole rings is 1. The number of aromatic nitrogens is 7. The maximum Gasteiger partial charge on any atom is 0.353 e. The molecule has 0 aliphatic heterocycles. The van der Waals surface area contributed by atoms with Crippen molar-refractivity contribution in [1.82, 2.24) is 35.0 Å². The number of rotatable bonds is 7. The van der Waals surface area contributed by atoms with E-state index in [0.717, 1.165) is 26.9 Å². The first-order valence-corrected chi connectivity index (χ1v) is 10.2. The normalized spacial score (nSPS) is 10.9. The number of carbonyl (C=O) groups excluding carboxylic acids is 2. The van der Waals surface area contributed by atoms with Crippen molar-refractivity contribution in [2.24, 2.45) is 0 Å². The lowest BCUT2D eigenvalue weighted by atomic mass is 9.98. The average Bonchev–Trinajstić information content (AvgIpc) is 3.48. The smallest absolute Gasteiger partial charge is 0.291 e. The minimum absolute atomic E-state index is 0.00849. The van der Waals surface area contributed by atoms with Gasteiger partial charge in [-0.1, -0.05) is 62.4 Å². The maximum atomic E-state index is 12.7. The zero-order valence-corrected chi connectivity index (χ0v) is 17.6. The van der Waals surface area contributed by atoms with Crippen molar-refractivity contribution in [1.29, 1.82) is 0 Å². The lowest BCUT2D eigenvalue weighted by Gasteiger charge is -2.09. The highest BCUT2D eigenvalue weighted by Gasteiger charge is 2.21. The summed E-state index contributed by atoms with van der Waals surface area (Å²) in [5.41, 5.74) is 2.88. The summed E-state index contributed by atoms with van der Waals surface area (Å²) in [7, 11) is 0. The molecule has 2 heterocycles. The molecule has 2 aromatic heterocycles. The molecule has 32 heavy (non-hydrogen) atoms. The molecular weight excluding hydrogens is 410 g/mol. The Morgan fingerprint density at radius 1 is 0.969 bits per heavy atom. The molecule has 1 N–H and O–H groups in total. The van der Waals surface area contributed by atoms with Gasteiger partial charge in [0.25, 0.3) is 5.91 Å². The minimum Gasteiger partial charge on any atom is -0.291 e. The van der Waals surface area contributed by atoms with Gasteiger partial charge in [0.05, 0.1) is 6.54 Å². The van der Waals surface area contributed by atoms with Crippen molar-refractivity contribution in [2.75, 3.05) is 0 Å². The lowest BCUT2D eigenvalue weighted by molar-refractivity contribution is 0.0887. The number of ketones is 1. The van der Waals surface area contributed by atoms with Crippen molar-refractivity contribution in [3.05, 3.63) is 70.4 Å². The number of Topliss-reactive ketones (excluding diaryl/α,β-unsaturated/α-hetero) is 1. The largest absolute Gasteiger partial charge is 0.353 e. The molecule has 0 atom stereocenters. The van der Waals surface area contributed by atoms with E-state index in [1.165, 1.54) is 4.57 Å². The SMILES string of the molecule is CCC(=O)c1nn(C(=O)CC)c(=O)n1Cc1ccc(-c2ccccc2-c2nn[nH]n2)cc1. The molecular formula is C22H21N7O3. The molecule has 0 radical (unpaired) electrons. The molecule has 0 saturated carbocycles. The molecule has 2 aromatic carbocycles. The highest BCUT2D eigenvalue weighted by atomic mass is 16.2. The van der Waals surface area contributed by atoms with Crippen LogP contribution in [0.3, 0.4) is 0 Å². The minimum atomic E-state index is -0.611. The average molecular weight is 431 g/mol. The molecule has 162 valence electrons. The van der Waals surface area contributed by atoms with Crippen LogP contribution in [-0.2, 0) is 6.54 Å². The topological polar surface area (TPSA) is 128 Å². The fourth-order valence-electron chi connectivity index (χ4n) is 3.39. The lowest BCUT2D eigenvalue weighted by Crippen LogP contribution is -2.30. The van der Waals surface area contributed by atoms with Crippen molar-refractivity contribution in [3.63, 3.8) is 0 Å². The van der Waals surface area contributed by atoms with E-state index in [2.05, 4.69) is 25.7 Å². The Morgan fingerprint density at radius 2 is 1.69 bits per heavy atom. The van der Waals surface area contributed by atoms with Crippen LogP contribution in [-0.4, -0.2) is 46.7 Å². The Hall–Kier alpha value is -4.21. The van der Waals surface area contributed by atoms with E-state index >= 15 is 0 Å². The number of H-pyrrole nitrogens is 1. The van der Waals surface area contributed by atoms with Gasteiger partial charge in [-0.2, -0.15) is 5.21 Å². The quantitative estimate of drug-likeness (QED) is 0.445. The Bertz CT molecular complexity index is 1320. The Kier molecular flexibility index (Phi) is 5.84. The number of hydrogen-bond acceptors (Lipinski definition) is 7. The predicted octanol–water partition coefficient (Wildman–Crippen LogP) is 2.58. The van der Waals surface area contributed by atoms with Crippen LogP contribution in [0.15, 0.2) is 53.3 Å². The van der Waals surface area contributed by atoms with Gasteiger partial charge in [0.1, 0.15) is 0 Å². The number of nitrogens with zero attached hydrogens (tertiary/aromatic N) is 6. The Balaban J connectivity index is 1.68. The zero-order chi connectivity index (χ0) is 22.7. The third kappa shape index (κ3) is 3.89. The van der Waals surface area contributed by atoms with Crippen molar-refractivity contribution in [2.45, 2.75) is 33.2 Å². The maximum absolute atomic E-state index is 12.7. The number of nitrogens with one attached hydrogen (secondary N) is 1. The van der Waals surface area contributed by atoms with Crippen LogP contribution in [0.5, 0.6) is 0 Å². The van der Waals surface area contributed by atoms with Gasteiger partial charge in [-0.3, -0.25) is 14.2 Å². The number of benzene rings is 2. The van der Waals surface area contributed by atoms with Gasteiger partial charge in [-0.15, -0.1) is 20.0 Å². The summed E-state index contributed by atoms with van der Waals surface area (Å²) < 4.78 is 2.03. The predicted molar refractivity (Wildman–Crippen MR) is 116 cm³/mol. The van der Waals surface area contributed by atoms with Gasteiger partial charge in [-0.05, 0) is 21.9 Å². The third-order valence-electron chi connectivity index (χ3n) is 5.09. The first-order chi connectivity index (χ1) is 15.5. The highest BCUT2D eigenvalue weighted by Crippen LogP contribution is 2.29. The van der Waals surface area contributed by atoms with Crippen LogP contribution in [0.2, 0.25) is 0 Å². The van der Waals surface area contributed by atoms with Crippen LogP contribution in [0.4, 0.5) is 0 Å².